The molecule has 0 amide bonds. The lowest BCUT2D eigenvalue weighted by Gasteiger charge is -2.13. The lowest BCUT2D eigenvalue weighted by Crippen LogP contribution is -2.14. The van der Waals surface area contributed by atoms with Crippen molar-refractivity contribution in [1.82, 2.24) is 0 Å². The van der Waals surface area contributed by atoms with Crippen molar-refractivity contribution in [3.8, 4) is 0 Å². The van der Waals surface area contributed by atoms with Crippen molar-refractivity contribution in [2.45, 2.75) is 45.6 Å². The minimum Gasteiger partial charge on any atom is -0.463 e. The Kier molecular flexibility index (Phi) is 6.44. The van der Waals surface area contributed by atoms with Crippen LogP contribution < -0.4 is 0 Å². The Morgan fingerprint density at radius 3 is 2.75 bits per heavy atom. The molecule has 0 fully saturated rings. The number of hydrogen-bond acceptors (Lipinski definition) is 2. The standard InChI is InChI=1S/C10H18O2/c1-4-6-7-8-10(5-2)12-9(3)11/h4,10H,1,5-8H2,2-3H3. The number of hydrogen-bond donors (Lipinski definition) is 0. The third-order valence-electron chi connectivity index (χ3n) is 1.72. The highest BCUT2D eigenvalue weighted by Gasteiger charge is 2.07. The Morgan fingerprint density at radius 2 is 2.33 bits per heavy atom. The zero-order chi connectivity index (χ0) is 9.40. The SMILES string of the molecule is C=CCCCC(CC)OC(C)=O. The number of ether oxygens (including phenoxy) is 1. The maximum Gasteiger partial charge on any atom is 0.302 e. The van der Waals surface area contributed by atoms with Crippen LogP contribution >= 0.6 is 0 Å². The summed E-state index contributed by atoms with van der Waals surface area (Å²) in [5.74, 6) is -0.180. The molecule has 0 aromatic carbocycles. The van der Waals surface area contributed by atoms with Crippen LogP contribution in [0.2, 0.25) is 0 Å². The van der Waals surface area contributed by atoms with Gasteiger partial charge in [-0.05, 0) is 25.7 Å². The minimum atomic E-state index is -0.180. The van der Waals surface area contributed by atoms with Gasteiger partial charge in [0, 0.05) is 6.92 Å². The first-order valence-corrected chi connectivity index (χ1v) is 4.48. The lowest BCUT2D eigenvalue weighted by atomic mass is 10.1. The molecule has 70 valence electrons. The first kappa shape index (κ1) is 11.2. The Bertz CT molecular complexity index is 141. The molecule has 0 heterocycles. The summed E-state index contributed by atoms with van der Waals surface area (Å²) in [6.45, 7) is 7.12. The topological polar surface area (TPSA) is 26.3 Å². The average molecular weight is 170 g/mol. The fourth-order valence-corrected chi connectivity index (χ4v) is 1.07. The molecule has 2 heteroatoms. The van der Waals surface area contributed by atoms with Crippen LogP contribution in [0.25, 0.3) is 0 Å². The van der Waals surface area contributed by atoms with Crippen LogP contribution in [-0.4, -0.2) is 12.1 Å². The van der Waals surface area contributed by atoms with Gasteiger partial charge in [-0.3, -0.25) is 4.79 Å². The Hall–Kier alpha value is -0.790. The lowest BCUT2D eigenvalue weighted by molar-refractivity contribution is -0.146. The molecule has 1 atom stereocenters. The van der Waals surface area contributed by atoms with E-state index >= 15 is 0 Å². The molecule has 2 nitrogen and oxygen atoms in total. The van der Waals surface area contributed by atoms with E-state index in [1.54, 1.807) is 0 Å². The molecule has 0 aliphatic rings. The fraction of sp³-hybridized carbons (Fsp3) is 0.700. The first-order chi connectivity index (χ1) is 5.70. The van der Waals surface area contributed by atoms with Crippen LogP contribution in [-0.2, 0) is 9.53 Å². The van der Waals surface area contributed by atoms with E-state index < -0.39 is 0 Å². The van der Waals surface area contributed by atoms with Gasteiger partial charge in [0.05, 0.1) is 0 Å². The minimum absolute atomic E-state index is 0.0995. The monoisotopic (exact) mass is 170 g/mol. The van der Waals surface area contributed by atoms with E-state index in [0.717, 1.165) is 25.7 Å². The fourth-order valence-electron chi connectivity index (χ4n) is 1.07. The largest absolute Gasteiger partial charge is 0.463 e. The molecule has 0 N–H and O–H groups in total. The van der Waals surface area contributed by atoms with Gasteiger partial charge in [-0.1, -0.05) is 13.0 Å². The molecule has 0 spiro atoms. The Labute approximate surface area is 74.6 Å². The molecule has 0 aliphatic carbocycles. The van der Waals surface area contributed by atoms with Gasteiger partial charge in [0.15, 0.2) is 0 Å². The van der Waals surface area contributed by atoms with E-state index in [1.165, 1.54) is 6.92 Å². The molecule has 12 heavy (non-hydrogen) atoms. The molecule has 0 saturated carbocycles. The van der Waals surface area contributed by atoms with Gasteiger partial charge in [0.1, 0.15) is 6.10 Å². The van der Waals surface area contributed by atoms with Crippen molar-refractivity contribution >= 4 is 5.97 Å². The van der Waals surface area contributed by atoms with Crippen molar-refractivity contribution in [2.24, 2.45) is 0 Å². The number of carbonyl (C=O) groups excluding carboxylic acids is 1. The van der Waals surface area contributed by atoms with Crippen molar-refractivity contribution < 1.29 is 9.53 Å². The zero-order valence-electron chi connectivity index (χ0n) is 8.01. The third-order valence-corrected chi connectivity index (χ3v) is 1.72. The smallest absolute Gasteiger partial charge is 0.302 e. The number of allylic oxidation sites excluding steroid dienone is 1. The summed E-state index contributed by atoms with van der Waals surface area (Å²) in [6, 6.07) is 0. The van der Waals surface area contributed by atoms with Crippen LogP contribution in [0, 0.1) is 0 Å². The quantitative estimate of drug-likeness (QED) is 0.348. The van der Waals surface area contributed by atoms with Gasteiger partial charge in [-0.25, -0.2) is 0 Å². The number of rotatable bonds is 6. The maximum absolute atomic E-state index is 10.6. The molecular formula is C10H18O2. The molecule has 0 saturated heterocycles. The van der Waals surface area contributed by atoms with Crippen molar-refractivity contribution in [2.75, 3.05) is 0 Å². The van der Waals surface area contributed by atoms with Gasteiger partial charge in [-0.15, -0.1) is 6.58 Å². The Balaban J connectivity index is 3.52. The van der Waals surface area contributed by atoms with Crippen LogP contribution in [0.3, 0.4) is 0 Å². The summed E-state index contributed by atoms with van der Waals surface area (Å²) in [5.41, 5.74) is 0. The highest BCUT2D eigenvalue weighted by molar-refractivity contribution is 5.66. The molecule has 1 unspecified atom stereocenters. The molecular weight excluding hydrogens is 152 g/mol. The summed E-state index contributed by atoms with van der Waals surface area (Å²) >= 11 is 0. The first-order valence-electron chi connectivity index (χ1n) is 4.48. The van der Waals surface area contributed by atoms with Gasteiger partial charge in [-0.2, -0.15) is 0 Å². The predicted octanol–water partition coefficient (Wildman–Crippen LogP) is 2.68. The van der Waals surface area contributed by atoms with Crippen molar-refractivity contribution in [3.05, 3.63) is 12.7 Å². The maximum atomic E-state index is 10.6. The molecule has 0 aromatic heterocycles. The van der Waals surface area contributed by atoms with Crippen molar-refractivity contribution in [3.63, 3.8) is 0 Å². The molecule has 0 aliphatic heterocycles. The summed E-state index contributed by atoms with van der Waals surface area (Å²) in [4.78, 5) is 10.6. The summed E-state index contributed by atoms with van der Waals surface area (Å²) < 4.78 is 5.07. The molecule has 0 aromatic rings. The second kappa shape index (κ2) is 6.89. The predicted molar refractivity (Wildman–Crippen MR) is 49.9 cm³/mol. The van der Waals surface area contributed by atoms with E-state index in [1.807, 2.05) is 13.0 Å². The van der Waals surface area contributed by atoms with E-state index in [4.69, 9.17) is 4.74 Å². The number of carbonyl (C=O) groups is 1. The van der Waals surface area contributed by atoms with Crippen LogP contribution in [0.4, 0.5) is 0 Å². The highest BCUT2D eigenvalue weighted by Crippen LogP contribution is 2.08. The van der Waals surface area contributed by atoms with Gasteiger partial charge >= 0.3 is 5.97 Å². The van der Waals surface area contributed by atoms with Gasteiger partial charge < -0.3 is 4.74 Å². The number of esters is 1. The second-order valence-corrected chi connectivity index (χ2v) is 2.86. The average Bonchev–Trinajstić information content (AvgIpc) is 2.02. The molecule has 0 radical (unpaired) electrons. The summed E-state index contributed by atoms with van der Waals surface area (Å²) in [7, 11) is 0. The molecule has 0 bridgehead atoms. The van der Waals surface area contributed by atoms with Crippen molar-refractivity contribution in [1.29, 1.82) is 0 Å². The van der Waals surface area contributed by atoms with E-state index in [9.17, 15) is 4.79 Å². The van der Waals surface area contributed by atoms with Gasteiger partial charge in [0.2, 0.25) is 0 Å². The van der Waals surface area contributed by atoms with Crippen LogP contribution in [0.1, 0.15) is 39.5 Å². The van der Waals surface area contributed by atoms with Crippen LogP contribution in [0.15, 0.2) is 12.7 Å². The van der Waals surface area contributed by atoms with E-state index in [-0.39, 0.29) is 12.1 Å². The Morgan fingerprint density at radius 1 is 1.67 bits per heavy atom. The second-order valence-electron chi connectivity index (χ2n) is 2.86. The normalized spacial score (nSPS) is 12.2. The molecule has 0 rings (SSSR count). The van der Waals surface area contributed by atoms with Crippen LogP contribution in [0.5, 0.6) is 0 Å². The van der Waals surface area contributed by atoms with Gasteiger partial charge in [0.25, 0.3) is 0 Å². The number of unbranched alkanes of at least 4 members (excludes halogenated alkanes) is 1. The summed E-state index contributed by atoms with van der Waals surface area (Å²) in [5, 5.41) is 0. The van der Waals surface area contributed by atoms with E-state index in [0.29, 0.717) is 0 Å². The van der Waals surface area contributed by atoms with E-state index in [2.05, 4.69) is 6.58 Å². The highest BCUT2D eigenvalue weighted by atomic mass is 16.5. The third kappa shape index (κ3) is 5.96. The zero-order valence-corrected chi connectivity index (χ0v) is 8.01. The summed E-state index contributed by atoms with van der Waals surface area (Å²) in [6.07, 6.45) is 5.88.